The molecule has 0 atom stereocenters. The third-order valence-electron chi connectivity index (χ3n) is 3.42. The molecule has 0 aliphatic heterocycles. The minimum absolute atomic E-state index is 0.315. The zero-order valence-corrected chi connectivity index (χ0v) is 13.5. The predicted octanol–water partition coefficient (Wildman–Crippen LogP) is 3.78. The average Bonchev–Trinajstić information content (AvgIpc) is 2.84. The summed E-state index contributed by atoms with van der Waals surface area (Å²) in [5.41, 5.74) is 0.888. The highest BCUT2D eigenvalue weighted by atomic mass is 32.1. The van der Waals surface area contributed by atoms with Crippen LogP contribution in [0, 0.1) is 6.92 Å². The van der Waals surface area contributed by atoms with Crippen LogP contribution in [-0.2, 0) is 4.74 Å². The van der Waals surface area contributed by atoms with Gasteiger partial charge in [0.1, 0.15) is 21.9 Å². The minimum atomic E-state index is -0.315. The highest BCUT2D eigenvalue weighted by Crippen LogP contribution is 2.33. The number of ether oxygens (including phenoxy) is 1. The third-order valence-corrected chi connectivity index (χ3v) is 4.60. The number of esters is 1. The molecule has 0 bridgehead atoms. The van der Waals surface area contributed by atoms with Gasteiger partial charge in [-0.3, -0.25) is 0 Å². The zero-order chi connectivity index (χ0) is 15.2. The number of hydrogen-bond donors (Lipinski definition) is 1. The number of hydrogen-bond acceptors (Lipinski definition) is 6. The number of anilines is 1. The summed E-state index contributed by atoms with van der Waals surface area (Å²) in [6, 6.07) is 0. The molecule has 21 heavy (non-hydrogen) atoms. The molecular weight excluding hydrogens is 286 g/mol. The van der Waals surface area contributed by atoms with Gasteiger partial charge < -0.3 is 10.1 Å². The molecule has 0 unspecified atom stereocenters. The Bertz CT molecular complexity index is 625. The van der Waals surface area contributed by atoms with E-state index in [0.717, 1.165) is 34.6 Å². The van der Waals surface area contributed by atoms with Crippen LogP contribution in [-0.4, -0.2) is 29.6 Å². The van der Waals surface area contributed by atoms with E-state index in [1.165, 1.54) is 44.0 Å². The van der Waals surface area contributed by atoms with E-state index in [9.17, 15) is 4.79 Å². The normalized spacial score (nSPS) is 10.8. The first-order valence-electron chi connectivity index (χ1n) is 7.25. The van der Waals surface area contributed by atoms with E-state index in [0.29, 0.717) is 4.88 Å². The molecule has 0 aliphatic rings. The Morgan fingerprint density at radius 1 is 1.33 bits per heavy atom. The van der Waals surface area contributed by atoms with E-state index < -0.39 is 0 Å². The first-order chi connectivity index (χ1) is 10.2. The van der Waals surface area contributed by atoms with Crippen molar-refractivity contribution in [3.8, 4) is 0 Å². The molecule has 2 aromatic rings. The van der Waals surface area contributed by atoms with Crippen LogP contribution in [0.2, 0.25) is 0 Å². The number of unbranched alkanes of at least 4 members (excludes halogenated alkanes) is 3. The van der Waals surface area contributed by atoms with Crippen LogP contribution in [0.1, 0.15) is 47.8 Å². The molecule has 0 amide bonds. The third kappa shape index (κ3) is 3.50. The van der Waals surface area contributed by atoms with Gasteiger partial charge in [0.05, 0.1) is 12.5 Å². The number of nitrogens with zero attached hydrogens (tertiary/aromatic N) is 2. The number of carbonyl (C=O) groups is 1. The van der Waals surface area contributed by atoms with E-state index in [1.807, 2.05) is 6.92 Å². The standard InChI is InChI=1S/C15H21N3O2S/c1-4-5-6-7-8-16-13-11-10(2)12(15(19)20-3)21-14(11)18-9-17-13/h9H,4-8H2,1-3H3,(H,16,17,18). The maximum Gasteiger partial charge on any atom is 0.348 e. The van der Waals surface area contributed by atoms with E-state index in [4.69, 9.17) is 4.74 Å². The number of carbonyl (C=O) groups excluding carboxylic acids is 1. The molecule has 2 heterocycles. The molecule has 0 aliphatic carbocycles. The lowest BCUT2D eigenvalue weighted by atomic mass is 10.2. The molecule has 2 rings (SSSR count). The second kappa shape index (κ2) is 7.36. The summed E-state index contributed by atoms with van der Waals surface area (Å²) in [4.78, 5) is 21.8. The zero-order valence-electron chi connectivity index (χ0n) is 12.7. The molecule has 2 aromatic heterocycles. The lowest BCUT2D eigenvalue weighted by Gasteiger charge is -2.07. The topological polar surface area (TPSA) is 64.1 Å². The highest BCUT2D eigenvalue weighted by Gasteiger charge is 2.19. The van der Waals surface area contributed by atoms with Crippen LogP contribution in [0.15, 0.2) is 6.33 Å². The molecule has 114 valence electrons. The predicted molar refractivity (Wildman–Crippen MR) is 86.1 cm³/mol. The maximum atomic E-state index is 11.8. The lowest BCUT2D eigenvalue weighted by Crippen LogP contribution is -2.04. The highest BCUT2D eigenvalue weighted by molar-refractivity contribution is 7.20. The van der Waals surface area contributed by atoms with Crippen molar-refractivity contribution < 1.29 is 9.53 Å². The quantitative estimate of drug-likeness (QED) is 0.623. The minimum Gasteiger partial charge on any atom is -0.465 e. The number of methoxy groups -OCH3 is 1. The Kier molecular flexibility index (Phi) is 5.50. The fourth-order valence-corrected chi connectivity index (χ4v) is 3.32. The summed E-state index contributed by atoms with van der Waals surface area (Å²) in [6.07, 6.45) is 6.35. The van der Waals surface area contributed by atoms with E-state index in [1.54, 1.807) is 0 Å². The summed E-state index contributed by atoms with van der Waals surface area (Å²) in [5.74, 6) is 0.491. The fourth-order valence-electron chi connectivity index (χ4n) is 2.25. The molecule has 0 saturated heterocycles. The second-order valence-electron chi connectivity index (χ2n) is 4.94. The number of nitrogens with one attached hydrogen (secondary N) is 1. The van der Waals surface area contributed by atoms with Gasteiger partial charge in [0.25, 0.3) is 0 Å². The van der Waals surface area contributed by atoms with Crippen molar-refractivity contribution in [2.45, 2.75) is 39.5 Å². The van der Waals surface area contributed by atoms with Gasteiger partial charge >= 0.3 is 5.97 Å². The fraction of sp³-hybridized carbons (Fsp3) is 0.533. The van der Waals surface area contributed by atoms with Gasteiger partial charge in [0, 0.05) is 6.54 Å². The Morgan fingerprint density at radius 3 is 2.86 bits per heavy atom. The molecular formula is C15H21N3O2S. The van der Waals surface area contributed by atoms with Crippen LogP contribution in [0.25, 0.3) is 10.2 Å². The number of aromatic nitrogens is 2. The van der Waals surface area contributed by atoms with Gasteiger partial charge in [-0.1, -0.05) is 26.2 Å². The SMILES string of the molecule is CCCCCCNc1ncnc2sc(C(=O)OC)c(C)c12. The smallest absolute Gasteiger partial charge is 0.348 e. The summed E-state index contributed by atoms with van der Waals surface area (Å²) in [5, 5.41) is 4.29. The van der Waals surface area contributed by atoms with Crippen molar-refractivity contribution in [3.63, 3.8) is 0 Å². The van der Waals surface area contributed by atoms with Crippen LogP contribution in [0.3, 0.4) is 0 Å². The molecule has 0 fully saturated rings. The number of fused-ring (bicyclic) bond motifs is 1. The van der Waals surface area contributed by atoms with E-state index in [-0.39, 0.29) is 5.97 Å². The molecule has 0 radical (unpaired) electrons. The van der Waals surface area contributed by atoms with Gasteiger partial charge in [0.15, 0.2) is 0 Å². The van der Waals surface area contributed by atoms with Crippen molar-refractivity contribution in [2.75, 3.05) is 19.0 Å². The lowest BCUT2D eigenvalue weighted by molar-refractivity contribution is 0.0605. The van der Waals surface area contributed by atoms with Gasteiger partial charge in [-0.05, 0) is 18.9 Å². The molecule has 0 aromatic carbocycles. The first-order valence-corrected chi connectivity index (χ1v) is 8.07. The van der Waals surface area contributed by atoms with Crippen molar-refractivity contribution in [2.24, 2.45) is 0 Å². The molecule has 5 nitrogen and oxygen atoms in total. The van der Waals surface area contributed by atoms with Crippen LogP contribution in [0.5, 0.6) is 0 Å². The molecule has 0 saturated carbocycles. The van der Waals surface area contributed by atoms with Crippen LogP contribution >= 0.6 is 11.3 Å². The number of thiophene rings is 1. The van der Waals surface area contributed by atoms with E-state index >= 15 is 0 Å². The van der Waals surface area contributed by atoms with E-state index in [2.05, 4.69) is 22.2 Å². The molecule has 6 heteroatoms. The van der Waals surface area contributed by atoms with Crippen molar-refractivity contribution >= 4 is 33.3 Å². The van der Waals surface area contributed by atoms with Crippen molar-refractivity contribution in [1.29, 1.82) is 0 Å². The Labute approximate surface area is 128 Å². The average molecular weight is 307 g/mol. The number of aryl methyl sites for hydroxylation is 1. The summed E-state index contributed by atoms with van der Waals surface area (Å²) in [7, 11) is 1.39. The first kappa shape index (κ1) is 15.7. The van der Waals surface area contributed by atoms with Crippen molar-refractivity contribution in [1.82, 2.24) is 9.97 Å². The van der Waals surface area contributed by atoms with Gasteiger partial charge in [-0.15, -0.1) is 11.3 Å². The molecule has 1 N–H and O–H groups in total. The van der Waals surface area contributed by atoms with Gasteiger partial charge in [-0.25, -0.2) is 14.8 Å². The summed E-state index contributed by atoms with van der Waals surface area (Å²) < 4.78 is 4.81. The van der Waals surface area contributed by atoms with Gasteiger partial charge in [-0.2, -0.15) is 0 Å². The Hall–Kier alpha value is -1.69. The molecule has 0 spiro atoms. The van der Waals surface area contributed by atoms with Crippen LogP contribution < -0.4 is 5.32 Å². The Balaban J connectivity index is 2.20. The monoisotopic (exact) mass is 307 g/mol. The summed E-state index contributed by atoms with van der Waals surface area (Å²) >= 11 is 1.35. The second-order valence-corrected chi connectivity index (χ2v) is 5.94. The summed E-state index contributed by atoms with van der Waals surface area (Å²) in [6.45, 7) is 5.00. The van der Waals surface area contributed by atoms with Gasteiger partial charge in [0.2, 0.25) is 0 Å². The maximum absolute atomic E-state index is 11.8. The Morgan fingerprint density at radius 2 is 2.14 bits per heavy atom. The largest absolute Gasteiger partial charge is 0.465 e. The number of rotatable bonds is 7. The van der Waals surface area contributed by atoms with Crippen molar-refractivity contribution in [3.05, 3.63) is 16.8 Å². The van der Waals surface area contributed by atoms with Crippen LogP contribution in [0.4, 0.5) is 5.82 Å².